The predicted molar refractivity (Wildman–Crippen MR) is 101 cm³/mol. The predicted octanol–water partition coefficient (Wildman–Crippen LogP) is 1.54. The Morgan fingerprint density at radius 1 is 1.33 bits per heavy atom. The van der Waals surface area contributed by atoms with E-state index in [9.17, 15) is 14.4 Å². The van der Waals surface area contributed by atoms with Crippen LogP contribution in [0, 0.1) is 5.92 Å². The molecule has 2 heterocycles. The summed E-state index contributed by atoms with van der Waals surface area (Å²) in [4.78, 5) is 40.2. The zero-order valence-electron chi connectivity index (χ0n) is 14.1. The largest absolute Gasteiger partial charge is 0.477 e. The van der Waals surface area contributed by atoms with Crippen LogP contribution in [0.1, 0.15) is 27.1 Å². The molecule has 1 fully saturated rings. The number of anilines is 1. The van der Waals surface area contributed by atoms with Gasteiger partial charge in [-0.3, -0.25) is 15.0 Å². The lowest BCUT2D eigenvalue weighted by Gasteiger charge is -2.16. The number of nitrogens with one attached hydrogen (secondary N) is 2. The lowest BCUT2D eigenvalue weighted by atomic mass is 10.1. The number of carboxylic acids is 1. The van der Waals surface area contributed by atoms with Gasteiger partial charge in [0.1, 0.15) is 5.56 Å². The van der Waals surface area contributed by atoms with Gasteiger partial charge in [-0.2, -0.15) is 4.68 Å². The third kappa shape index (κ3) is 4.52. The van der Waals surface area contributed by atoms with E-state index in [0.29, 0.717) is 25.3 Å². The van der Waals surface area contributed by atoms with Crippen molar-refractivity contribution in [1.82, 2.24) is 9.66 Å². The summed E-state index contributed by atoms with van der Waals surface area (Å²) in [6.45, 7) is 1.74. The van der Waals surface area contributed by atoms with Crippen molar-refractivity contribution in [3.63, 3.8) is 0 Å². The van der Waals surface area contributed by atoms with Crippen LogP contribution < -0.4 is 16.3 Å². The van der Waals surface area contributed by atoms with Crippen molar-refractivity contribution < 1.29 is 19.4 Å². The molecule has 3 N–H and O–H groups in total. The van der Waals surface area contributed by atoms with Crippen LogP contribution in [0.5, 0.6) is 0 Å². The molecule has 1 amide bonds. The summed E-state index contributed by atoms with van der Waals surface area (Å²) in [6.07, 6.45) is 1.84. The van der Waals surface area contributed by atoms with Crippen LogP contribution in [0.4, 0.5) is 5.95 Å². The third-order valence-corrected chi connectivity index (χ3v) is 4.61. The van der Waals surface area contributed by atoms with Crippen molar-refractivity contribution in [2.45, 2.75) is 6.42 Å². The number of carbonyl (C=O) groups excluding carboxylic acids is 1. The number of hydrogen-bond acceptors (Lipinski definition) is 6. The van der Waals surface area contributed by atoms with Gasteiger partial charge in [0.05, 0.1) is 12.8 Å². The monoisotopic (exact) mass is 436 g/mol. The van der Waals surface area contributed by atoms with Gasteiger partial charge in [-0.1, -0.05) is 15.9 Å². The number of halogens is 1. The molecule has 0 radical (unpaired) electrons. The van der Waals surface area contributed by atoms with Crippen LogP contribution in [0.15, 0.2) is 39.7 Å². The van der Waals surface area contributed by atoms with Crippen LogP contribution in [-0.4, -0.2) is 46.4 Å². The highest BCUT2D eigenvalue weighted by Crippen LogP contribution is 2.14. The summed E-state index contributed by atoms with van der Waals surface area (Å²) in [5.41, 5.74) is 1.30. The third-order valence-electron chi connectivity index (χ3n) is 4.08. The number of ether oxygens (including phenoxy) is 1. The van der Waals surface area contributed by atoms with E-state index in [1.807, 2.05) is 0 Å². The Kier molecular flexibility index (Phi) is 5.87. The minimum atomic E-state index is -1.42. The van der Waals surface area contributed by atoms with Crippen LogP contribution in [0.25, 0.3) is 0 Å². The second-order valence-corrected chi connectivity index (χ2v) is 6.92. The standard InChI is InChI=1S/C17H17BrN4O5/c18-12-3-1-11(2-4-12)14(23)21-22-15(24)13(16(25)26)8-20-17(22)19-7-10-5-6-27-9-10/h1-4,8,10H,5-7,9H2,(H,19,20)(H,21,23)(H,25,26). The Labute approximate surface area is 162 Å². The van der Waals surface area contributed by atoms with E-state index < -0.39 is 23.0 Å². The average molecular weight is 437 g/mol. The molecule has 3 rings (SSSR count). The minimum Gasteiger partial charge on any atom is -0.477 e. The fraction of sp³-hybridized carbons (Fsp3) is 0.294. The summed E-state index contributed by atoms with van der Waals surface area (Å²) in [5, 5.41) is 12.1. The molecule has 0 bridgehead atoms. The van der Waals surface area contributed by atoms with Gasteiger partial charge in [0, 0.05) is 29.1 Å². The van der Waals surface area contributed by atoms with Gasteiger partial charge in [-0.05, 0) is 30.7 Å². The summed E-state index contributed by atoms with van der Waals surface area (Å²) in [5.74, 6) is -1.69. The zero-order chi connectivity index (χ0) is 19.4. The van der Waals surface area contributed by atoms with Crippen LogP contribution in [-0.2, 0) is 4.74 Å². The molecule has 9 nitrogen and oxygen atoms in total. The lowest BCUT2D eigenvalue weighted by molar-refractivity contribution is 0.0693. The quantitative estimate of drug-likeness (QED) is 0.627. The smallest absolute Gasteiger partial charge is 0.343 e. The Morgan fingerprint density at radius 2 is 2.07 bits per heavy atom. The molecule has 2 aromatic rings. The van der Waals surface area contributed by atoms with Crippen molar-refractivity contribution in [2.75, 3.05) is 30.5 Å². The van der Waals surface area contributed by atoms with E-state index in [2.05, 4.69) is 31.7 Å². The SMILES string of the molecule is O=C(Nn1c(NCC2CCOC2)ncc(C(=O)O)c1=O)c1ccc(Br)cc1. The number of benzene rings is 1. The van der Waals surface area contributed by atoms with Crippen molar-refractivity contribution in [2.24, 2.45) is 5.92 Å². The molecule has 27 heavy (non-hydrogen) atoms. The van der Waals surface area contributed by atoms with E-state index in [0.717, 1.165) is 21.8 Å². The first-order valence-corrected chi connectivity index (χ1v) is 8.99. The fourth-order valence-electron chi connectivity index (χ4n) is 2.58. The number of amides is 1. The molecule has 1 aromatic carbocycles. The molecule has 1 aliphatic heterocycles. The zero-order valence-corrected chi connectivity index (χ0v) is 15.7. The summed E-state index contributed by atoms with van der Waals surface area (Å²) >= 11 is 3.28. The van der Waals surface area contributed by atoms with E-state index in [1.165, 1.54) is 0 Å². The molecule has 1 atom stereocenters. The number of carbonyl (C=O) groups is 2. The van der Waals surface area contributed by atoms with E-state index >= 15 is 0 Å². The Morgan fingerprint density at radius 3 is 2.70 bits per heavy atom. The molecule has 0 aliphatic carbocycles. The van der Waals surface area contributed by atoms with Crippen LogP contribution >= 0.6 is 15.9 Å². The molecule has 0 saturated carbocycles. The highest BCUT2D eigenvalue weighted by molar-refractivity contribution is 9.10. The number of rotatable bonds is 6. The molecule has 142 valence electrons. The van der Waals surface area contributed by atoms with E-state index in [1.54, 1.807) is 24.3 Å². The molecule has 1 unspecified atom stereocenters. The summed E-state index contributed by atoms with van der Waals surface area (Å²) < 4.78 is 6.92. The summed E-state index contributed by atoms with van der Waals surface area (Å²) in [7, 11) is 0. The summed E-state index contributed by atoms with van der Waals surface area (Å²) in [6, 6.07) is 6.51. The Hall–Kier alpha value is -2.72. The number of nitrogens with zero attached hydrogens (tertiary/aromatic N) is 2. The second kappa shape index (κ2) is 8.31. The van der Waals surface area contributed by atoms with E-state index in [-0.39, 0.29) is 11.9 Å². The average Bonchev–Trinajstić information content (AvgIpc) is 3.16. The maximum absolute atomic E-state index is 12.5. The molecule has 10 heteroatoms. The van der Waals surface area contributed by atoms with Gasteiger partial charge < -0.3 is 15.2 Å². The van der Waals surface area contributed by atoms with Crippen molar-refractivity contribution in [1.29, 1.82) is 0 Å². The van der Waals surface area contributed by atoms with Gasteiger partial charge in [-0.25, -0.2) is 9.78 Å². The maximum atomic E-state index is 12.5. The highest BCUT2D eigenvalue weighted by atomic mass is 79.9. The number of hydrogen-bond donors (Lipinski definition) is 3. The van der Waals surface area contributed by atoms with Crippen LogP contribution in [0.3, 0.4) is 0 Å². The maximum Gasteiger partial charge on any atom is 0.343 e. The van der Waals surface area contributed by atoms with Gasteiger partial charge >= 0.3 is 5.97 Å². The molecule has 1 aromatic heterocycles. The normalized spacial score (nSPS) is 16.1. The first-order chi connectivity index (χ1) is 13.0. The number of aromatic carboxylic acids is 1. The fourth-order valence-corrected chi connectivity index (χ4v) is 2.84. The first kappa shape index (κ1) is 19.1. The molecule has 1 aliphatic rings. The number of aromatic nitrogens is 2. The Bertz CT molecular complexity index is 907. The molecular formula is C17H17BrN4O5. The highest BCUT2D eigenvalue weighted by Gasteiger charge is 2.20. The Balaban J connectivity index is 1.88. The van der Waals surface area contributed by atoms with E-state index in [4.69, 9.17) is 9.84 Å². The van der Waals surface area contributed by atoms with Crippen molar-refractivity contribution in [3.05, 3.63) is 56.4 Å². The van der Waals surface area contributed by atoms with Crippen molar-refractivity contribution in [3.8, 4) is 0 Å². The van der Waals surface area contributed by atoms with Gasteiger partial charge in [0.15, 0.2) is 0 Å². The number of carboxylic acid groups (broad SMARTS) is 1. The molecule has 1 saturated heterocycles. The van der Waals surface area contributed by atoms with Gasteiger partial charge in [0.2, 0.25) is 5.95 Å². The minimum absolute atomic E-state index is 0.0577. The topological polar surface area (TPSA) is 123 Å². The molecule has 0 spiro atoms. The van der Waals surface area contributed by atoms with Crippen LogP contribution in [0.2, 0.25) is 0 Å². The first-order valence-electron chi connectivity index (χ1n) is 8.19. The van der Waals surface area contributed by atoms with Gasteiger partial charge in [0.25, 0.3) is 11.5 Å². The van der Waals surface area contributed by atoms with Gasteiger partial charge in [-0.15, -0.1) is 0 Å². The lowest BCUT2D eigenvalue weighted by Crippen LogP contribution is -2.38. The second-order valence-electron chi connectivity index (χ2n) is 6.00. The molecular weight excluding hydrogens is 420 g/mol. The van der Waals surface area contributed by atoms with Crippen molar-refractivity contribution >= 4 is 33.8 Å².